The molecule has 0 atom stereocenters. The van der Waals surface area contributed by atoms with E-state index in [1.54, 1.807) is 30.3 Å². The molecule has 0 saturated heterocycles. The number of amidine groups is 1. The molecule has 0 radical (unpaired) electrons. The van der Waals surface area contributed by atoms with Crippen LogP contribution in [-0.2, 0) is 16.2 Å². The molecule has 0 aromatic heterocycles. The highest BCUT2D eigenvalue weighted by atomic mass is 79.9. The van der Waals surface area contributed by atoms with Gasteiger partial charge < -0.3 is 10.1 Å². The average Bonchev–Trinajstić information content (AvgIpc) is 2.92. The zero-order chi connectivity index (χ0) is 19.4. The Morgan fingerprint density at radius 3 is 2.89 bits per heavy atom. The summed E-state index contributed by atoms with van der Waals surface area (Å²) in [4.78, 5) is 27.4. The topological polar surface area (TPSA) is 67.8 Å². The van der Waals surface area contributed by atoms with E-state index in [1.807, 2.05) is 6.07 Å². The first-order valence-corrected chi connectivity index (χ1v) is 9.48. The predicted octanol–water partition coefficient (Wildman–Crippen LogP) is 4.27. The van der Waals surface area contributed by atoms with Crippen molar-refractivity contribution in [2.24, 2.45) is 4.99 Å². The number of rotatable bonds is 4. The van der Waals surface area contributed by atoms with E-state index in [1.165, 1.54) is 19.1 Å². The fourth-order valence-electron chi connectivity index (χ4n) is 2.31. The van der Waals surface area contributed by atoms with E-state index in [9.17, 15) is 14.0 Å². The van der Waals surface area contributed by atoms with E-state index >= 15 is 0 Å². The lowest BCUT2D eigenvalue weighted by atomic mass is 10.2. The normalized spacial score (nSPS) is 15.0. The molecule has 1 aliphatic heterocycles. The van der Waals surface area contributed by atoms with Gasteiger partial charge in [0.15, 0.2) is 5.17 Å². The number of hydrogen-bond acceptors (Lipinski definition) is 4. The van der Waals surface area contributed by atoms with E-state index in [0.717, 1.165) is 16.2 Å². The lowest BCUT2D eigenvalue weighted by molar-refractivity contribution is -0.117. The second-order valence-electron chi connectivity index (χ2n) is 5.61. The summed E-state index contributed by atoms with van der Waals surface area (Å²) in [5.74, 6) is -0.516. The highest BCUT2D eigenvalue weighted by molar-refractivity contribution is 9.10. The van der Waals surface area contributed by atoms with Crippen LogP contribution in [0.1, 0.15) is 18.1 Å². The number of ether oxygens (including phenoxy) is 1. The molecule has 0 saturated carbocycles. The van der Waals surface area contributed by atoms with Crippen LogP contribution in [0.15, 0.2) is 56.8 Å². The molecule has 0 fully saturated rings. The summed E-state index contributed by atoms with van der Waals surface area (Å²) < 4.78 is 19.9. The van der Waals surface area contributed by atoms with Crippen LogP contribution in [0, 0.1) is 5.82 Å². The molecule has 27 heavy (non-hydrogen) atoms. The predicted molar refractivity (Wildman–Crippen MR) is 107 cm³/mol. The molecule has 2 aromatic carbocycles. The summed E-state index contributed by atoms with van der Waals surface area (Å²) in [5, 5.41) is 2.75. The van der Waals surface area contributed by atoms with Gasteiger partial charge in [-0.1, -0.05) is 28.1 Å². The third-order valence-electron chi connectivity index (χ3n) is 3.45. The van der Waals surface area contributed by atoms with Crippen molar-refractivity contribution in [1.29, 1.82) is 0 Å². The van der Waals surface area contributed by atoms with E-state index in [2.05, 4.69) is 26.2 Å². The lowest BCUT2D eigenvalue weighted by Crippen LogP contribution is -2.23. The van der Waals surface area contributed by atoms with Gasteiger partial charge in [0, 0.05) is 17.0 Å². The van der Waals surface area contributed by atoms with Crippen LogP contribution >= 0.6 is 27.7 Å². The zero-order valence-corrected chi connectivity index (χ0v) is 16.6. The average molecular weight is 449 g/mol. The number of nitrogens with zero attached hydrogens (tertiary/aromatic N) is 1. The van der Waals surface area contributed by atoms with Crippen molar-refractivity contribution >= 4 is 50.7 Å². The van der Waals surface area contributed by atoms with E-state index in [0.29, 0.717) is 21.8 Å². The van der Waals surface area contributed by atoms with Crippen molar-refractivity contribution in [3.05, 3.63) is 68.8 Å². The van der Waals surface area contributed by atoms with Crippen LogP contribution in [0.25, 0.3) is 6.08 Å². The molecule has 0 aliphatic carbocycles. The molecule has 1 heterocycles. The van der Waals surface area contributed by atoms with Gasteiger partial charge in [0.2, 0.25) is 5.91 Å². The number of carbonyl (C=O) groups is 2. The summed E-state index contributed by atoms with van der Waals surface area (Å²) in [7, 11) is 0. The zero-order valence-electron chi connectivity index (χ0n) is 14.2. The Balaban J connectivity index is 1.80. The summed E-state index contributed by atoms with van der Waals surface area (Å²) in [6, 6.07) is 11.5. The Labute approximate surface area is 167 Å². The van der Waals surface area contributed by atoms with Crippen molar-refractivity contribution in [3.63, 3.8) is 0 Å². The highest BCUT2D eigenvalue weighted by Gasteiger charge is 2.23. The van der Waals surface area contributed by atoms with Gasteiger partial charge in [-0.15, -0.1) is 0 Å². The number of nitrogens with one attached hydrogen (secondary N) is 1. The molecule has 0 spiro atoms. The molecule has 2 aromatic rings. The van der Waals surface area contributed by atoms with Crippen molar-refractivity contribution in [2.45, 2.75) is 13.5 Å². The summed E-state index contributed by atoms with van der Waals surface area (Å²) >= 11 is 4.48. The van der Waals surface area contributed by atoms with Crippen molar-refractivity contribution in [3.8, 4) is 5.75 Å². The second-order valence-corrected chi connectivity index (χ2v) is 7.56. The van der Waals surface area contributed by atoms with Crippen LogP contribution in [0.5, 0.6) is 5.75 Å². The van der Waals surface area contributed by atoms with Gasteiger partial charge in [-0.2, -0.15) is 4.99 Å². The Hall–Kier alpha value is -2.45. The minimum absolute atomic E-state index is 0.185. The molecule has 3 rings (SSSR count). The maximum atomic E-state index is 13.3. The number of amides is 2. The molecule has 1 aliphatic rings. The van der Waals surface area contributed by atoms with Crippen LogP contribution in [-0.4, -0.2) is 17.0 Å². The van der Waals surface area contributed by atoms with Gasteiger partial charge in [0.25, 0.3) is 5.91 Å². The van der Waals surface area contributed by atoms with Crippen molar-refractivity contribution in [2.75, 3.05) is 0 Å². The first kappa shape index (κ1) is 19.3. The highest BCUT2D eigenvalue weighted by Crippen LogP contribution is 2.32. The van der Waals surface area contributed by atoms with Crippen LogP contribution in [0.3, 0.4) is 0 Å². The van der Waals surface area contributed by atoms with Crippen molar-refractivity contribution < 1.29 is 18.7 Å². The Bertz CT molecular complexity index is 975. The molecule has 0 unspecified atom stereocenters. The largest absolute Gasteiger partial charge is 0.488 e. The van der Waals surface area contributed by atoms with Gasteiger partial charge in [-0.3, -0.25) is 9.59 Å². The maximum absolute atomic E-state index is 13.3. The summed E-state index contributed by atoms with van der Waals surface area (Å²) in [6.45, 7) is 1.53. The molecule has 138 valence electrons. The van der Waals surface area contributed by atoms with Gasteiger partial charge in [0.1, 0.15) is 18.2 Å². The molecule has 1 N–H and O–H groups in total. The summed E-state index contributed by atoms with van der Waals surface area (Å²) in [6.07, 6.45) is 1.65. The van der Waals surface area contributed by atoms with E-state index in [4.69, 9.17) is 4.74 Å². The molecule has 0 bridgehead atoms. The van der Waals surface area contributed by atoms with Crippen LogP contribution in [0.4, 0.5) is 4.39 Å². The number of thioether (sulfide) groups is 1. The van der Waals surface area contributed by atoms with Gasteiger partial charge in [-0.05, 0) is 53.7 Å². The van der Waals surface area contributed by atoms with Crippen molar-refractivity contribution in [1.82, 2.24) is 5.32 Å². The first-order chi connectivity index (χ1) is 12.9. The standard InChI is InChI=1S/C19H14BrFN2O3S/c1-11(24)22-19-23-18(25)17(27-19)9-13-8-14(20)5-6-16(13)26-10-12-3-2-4-15(21)7-12/h2-9H,10H2,1H3,(H,22,23,24,25)/b17-9-. The number of aliphatic imine (C=N–C) groups is 1. The SMILES string of the molecule is CC(=O)NC1=NC(=O)/C(=C/c2cc(Br)ccc2OCc2cccc(F)c2)S1. The van der Waals surface area contributed by atoms with E-state index in [-0.39, 0.29) is 23.5 Å². The Morgan fingerprint density at radius 1 is 1.33 bits per heavy atom. The minimum Gasteiger partial charge on any atom is -0.488 e. The first-order valence-electron chi connectivity index (χ1n) is 7.87. The fourth-order valence-corrected chi connectivity index (χ4v) is 3.54. The summed E-state index contributed by atoms with van der Waals surface area (Å²) in [5.41, 5.74) is 1.36. The third-order valence-corrected chi connectivity index (χ3v) is 4.84. The minimum atomic E-state index is -0.431. The number of hydrogen-bond donors (Lipinski definition) is 1. The second kappa shape index (κ2) is 8.49. The Morgan fingerprint density at radius 2 is 2.15 bits per heavy atom. The van der Waals surface area contributed by atoms with Gasteiger partial charge >= 0.3 is 0 Å². The van der Waals surface area contributed by atoms with Crippen LogP contribution in [0.2, 0.25) is 0 Å². The number of benzene rings is 2. The van der Waals surface area contributed by atoms with Gasteiger partial charge in [0.05, 0.1) is 4.91 Å². The lowest BCUT2D eigenvalue weighted by Gasteiger charge is -2.10. The monoisotopic (exact) mass is 448 g/mol. The molecule has 5 nitrogen and oxygen atoms in total. The molecular weight excluding hydrogens is 435 g/mol. The molecule has 8 heteroatoms. The molecule has 2 amide bonds. The van der Waals surface area contributed by atoms with E-state index < -0.39 is 5.91 Å². The quantitative estimate of drug-likeness (QED) is 0.708. The number of halogens is 2. The number of carbonyl (C=O) groups excluding carboxylic acids is 2. The third kappa shape index (κ3) is 5.27. The fraction of sp³-hybridized carbons (Fsp3) is 0.105. The smallest absolute Gasteiger partial charge is 0.286 e. The van der Waals surface area contributed by atoms with Crippen LogP contribution < -0.4 is 10.1 Å². The van der Waals surface area contributed by atoms with Gasteiger partial charge in [-0.25, -0.2) is 4.39 Å². The Kier molecular flexibility index (Phi) is 6.08. The molecular formula is C19H14BrFN2O3S. The maximum Gasteiger partial charge on any atom is 0.286 e.